The van der Waals surface area contributed by atoms with Crippen molar-refractivity contribution in [2.75, 3.05) is 11.9 Å². The average molecular weight is 246 g/mol. The molecule has 18 heavy (non-hydrogen) atoms. The van der Waals surface area contributed by atoms with E-state index in [1.54, 1.807) is 0 Å². The molecule has 1 aliphatic rings. The number of benzene rings is 1. The number of imide groups is 1. The number of hydrogen-bond donors (Lipinski definition) is 1. The average Bonchev–Trinajstić information content (AvgIpc) is 2.58. The van der Waals surface area contributed by atoms with Crippen LogP contribution in [0, 0.1) is 13.8 Å². The van der Waals surface area contributed by atoms with Crippen LogP contribution < -0.4 is 5.32 Å². The molecule has 0 bridgehead atoms. The predicted molar refractivity (Wildman–Crippen MR) is 70.3 cm³/mol. The molecule has 2 amide bonds. The Hall–Kier alpha value is -1.84. The van der Waals surface area contributed by atoms with Crippen molar-refractivity contribution in [3.05, 3.63) is 29.3 Å². The summed E-state index contributed by atoms with van der Waals surface area (Å²) in [5, 5.41) is 3.17. The summed E-state index contributed by atoms with van der Waals surface area (Å²) >= 11 is 0. The summed E-state index contributed by atoms with van der Waals surface area (Å²) in [4.78, 5) is 24.9. The van der Waals surface area contributed by atoms with Crippen LogP contribution in [-0.2, 0) is 9.59 Å². The molecule has 0 aliphatic carbocycles. The molecule has 1 saturated heterocycles. The van der Waals surface area contributed by atoms with Crippen molar-refractivity contribution in [1.29, 1.82) is 0 Å². The maximum absolute atomic E-state index is 12.0. The number of carbonyl (C=O) groups excluding carboxylic acids is 2. The molecule has 1 aliphatic heterocycles. The zero-order valence-corrected chi connectivity index (χ0v) is 11.0. The molecule has 1 fully saturated rings. The molecule has 0 spiro atoms. The van der Waals surface area contributed by atoms with Gasteiger partial charge in [-0.05, 0) is 32.4 Å². The maximum Gasteiger partial charge on any atom is 0.252 e. The van der Waals surface area contributed by atoms with Crippen LogP contribution in [-0.4, -0.2) is 29.3 Å². The van der Waals surface area contributed by atoms with Gasteiger partial charge in [0.25, 0.3) is 5.91 Å². The lowest BCUT2D eigenvalue weighted by Crippen LogP contribution is -2.34. The van der Waals surface area contributed by atoms with Gasteiger partial charge in [-0.25, -0.2) is 0 Å². The van der Waals surface area contributed by atoms with Crippen molar-refractivity contribution < 1.29 is 9.59 Å². The molecule has 1 aromatic carbocycles. The first-order valence-electron chi connectivity index (χ1n) is 6.21. The van der Waals surface area contributed by atoms with Gasteiger partial charge in [-0.1, -0.05) is 17.7 Å². The molecule has 4 heteroatoms. The number of nitrogens with one attached hydrogen (secondary N) is 1. The Morgan fingerprint density at radius 1 is 1.33 bits per heavy atom. The van der Waals surface area contributed by atoms with Gasteiger partial charge in [-0.3, -0.25) is 14.5 Å². The number of anilines is 1. The molecule has 0 saturated carbocycles. The summed E-state index contributed by atoms with van der Waals surface area (Å²) < 4.78 is 0. The van der Waals surface area contributed by atoms with Crippen LogP contribution in [0.2, 0.25) is 0 Å². The number of amides is 2. The van der Waals surface area contributed by atoms with Gasteiger partial charge in [-0.2, -0.15) is 0 Å². The van der Waals surface area contributed by atoms with Crippen LogP contribution in [0.4, 0.5) is 5.69 Å². The molecular weight excluding hydrogens is 228 g/mol. The Morgan fingerprint density at radius 3 is 2.61 bits per heavy atom. The Labute approximate surface area is 107 Å². The Kier molecular flexibility index (Phi) is 3.36. The van der Waals surface area contributed by atoms with Crippen molar-refractivity contribution in [2.45, 2.75) is 33.2 Å². The molecule has 0 aromatic heterocycles. The lowest BCUT2D eigenvalue weighted by Gasteiger charge is -2.15. The Balaban J connectivity index is 2.15. The highest BCUT2D eigenvalue weighted by Gasteiger charge is 2.37. The molecule has 1 atom stereocenters. The second kappa shape index (κ2) is 4.80. The van der Waals surface area contributed by atoms with Crippen LogP contribution >= 0.6 is 0 Å². The van der Waals surface area contributed by atoms with Crippen molar-refractivity contribution in [1.82, 2.24) is 4.90 Å². The molecule has 2 rings (SSSR count). The lowest BCUT2D eigenvalue weighted by molar-refractivity contribution is -0.138. The van der Waals surface area contributed by atoms with Crippen LogP contribution in [0.25, 0.3) is 0 Å². The van der Waals surface area contributed by atoms with Gasteiger partial charge in [0.2, 0.25) is 5.91 Å². The fourth-order valence-electron chi connectivity index (χ4n) is 2.29. The van der Waals surface area contributed by atoms with Gasteiger partial charge in [-0.15, -0.1) is 0 Å². The molecule has 1 aromatic rings. The summed E-state index contributed by atoms with van der Waals surface area (Å²) in [6.45, 7) is 6.28. The van der Waals surface area contributed by atoms with Crippen molar-refractivity contribution >= 4 is 17.5 Å². The fourth-order valence-corrected chi connectivity index (χ4v) is 2.29. The summed E-state index contributed by atoms with van der Waals surface area (Å²) in [5.74, 6) is -0.216. The number of carbonyl (C=O) groups is 2. The number of hydrogen-bond acceptors (Lipinski definition) is 3. The van der Waals surface area contributed by atoms with E-state index in [0.29, 0.717) is 6.54 Å². The largest absolute Gasteiger partial charge is 0.373 e. The highest BCUT2D eigenvalue weighted by molar-refractivity contribution is 6.06. The summed E-state index contributed by atoms with van der Waals surface area (Å²) in [5.41, 5.74) is 3.19. The van der Waals surface area contributed by atoms with Gasteiger partial charge in [0.1, 0.15) is 6.04 Å². The van der Waals surface area contributed by atoms with E-state index < -0.39 is 6.04 Å². The zero-order chi connectivity index (χ0) is 13.3. The van der Waals surface area contributed by atoms with Crippen LogP contribution in [0.5, 0.6) is 0 Å². The van der Waals surface area contributed by atoms with Gasteiger partial charge >= 0.3 is 0 Å². The van der Waals surface area contributed by atoms with Crippen LogP contribution in [0.1, 0.15) is 24.5 Å². The van der Waals surface area contributed by atoms with Gasteiger partial charge < -0.3 is 5.32 Å². The fraction of sp³-hybridized carbons (Fsp3) is 0.429. The van der Waals surface area contributed by atoms with Gasteiger partial charge in [0.15, 0.2) is 0 Å². The number of aryl methyl sites for hydroxylation is 2. The third kappa shape index (κ3) is 2.23. The molecular formula is C14H18N2O2. The van der Waals surface area contributed by atoms with Crippen LogP contribution in [0.3, 0.4) is 0 Å². The van der Waals surface area contributed by atoms with E-state index >= 15 is 0 Å². The first-order chi connectivity index (χ1) is 8.52. The molecule has 4 nitrogen and oxygen atoms in total. The number of nitrogens with zero attached hydrogens (tertiary/aromatic N) is 1. The first kappa shape index (κ1) is 12.6. The highest BCUT2D eigenvalue weighted by Crippen LogP contribution is 2.21. The number of likely N-dealkylation sites (N-methyl/N-ethyl adjacent to an activating group) is 1. The Morgan fingerprint density at radius 2 is 2.06 bits per heavy atom. The minimum Gasteiger partial charge on any atom is -0.373 e. The maximum atomic E-state index is 12.0. The topological polar surface area (TPSA) is 49.4 Å². The van der Waals surface area contributed by atoms with Crippen molar-refractivity contribution in [2.24, 2.45) is 0 Å². The normalized spacial score (nSPS) is 19.5. The SMILES string of the molecule is CCN1C(=O)C[C@@H](Nc2ccc(C)cc2C)C1=O. The quantitative estimate of drug-likeness (QED) is 0.828. The molecule has 0 radical (unpaired) electrons. The molecule has 1 heterocycles. The smallest absolute Gasteiger partial charge is 0.252 e. The number of rotatable bonds is 3. The standard InChI is InChI=1S/C14H18N2O2/c1-4-16-13(17)8-12(14(16)18)15-11-6-5-9(2)7-10(11)3/h5-7,12,15H,4,8H2,1-3H3/t12-/m1/s1. The monoisotopic (exact) mass is 246 g/mol. The van der Waals surface area contributed by atoms with E-state index in [9.17, 15) is 9.59 Å². The minimum atomic E-state index is -0.418. The lowest BCUT2D eigenvalue weighted by atomic mass is 10.1. The van der Waals surface area contributed by atoms with Crippen molar-refractivity contribution in [3.63, 3.8) is 0 Å². The second-order valence-electron chi connectivity index (χ2n) is 4.70. The predicted octanol–water partition coefficient (Wildman–Crippen LogP) is 1.86. The van der Waals surface area contributed by atoms with E-state index in [2.05, 4.69) is 11.4 Å². The van der Waals surface area contributed by atoms with E-state index in [0.717, 1.165) is 11.3 Å². The zero-order valence-electron chi connectivity index (χ0n) is 11.0. The third-order valence-electron chi connectivity index (χ3n) is 3.27. The summed E-state index contributed by atoms with van der Waals surface area (Å²) in [7, 11) is 0. The van der Waals surface area contributed by atoms with E-state index in [4.69, 9.17) is 0 Å². The first-order valence-corrected chi connectivity index (χ1v) is 6.21. The van der Waals surface area contributed by atoms with E-state index in [-0.39, 0.29) is 18.2 Å². The van der Waals surface area contributed by atoms with E-state index in [1.807, 2.05) is 32.9 Å². The Bertz CT molecular complexity index is 497. The van der Waals surface area contributed by atoms with E-state index in [1.165, 1.54) is 10.5 Å². The minimum absolute atomic E-state index is 0.0928. The molecule has 0 unspecified atom stereocenters. The van der Waals surface area contributed by atoms with Gasteiger partial charge in [0.05, 0.1) is 6.42 Å². The molecule has 96 valence electrons. The number of likely N-dealkylation sites (tertiary alicyclic amines) is 1. The van der Waals surface area contributed by atoms with Gasteiger partial charge in [0, 0.05) is 12.2 Å². The van der Waals surface area contributed by atoms with Crippen LogP contribution in [0.15, 0.2) is 18.2 Å². The highest BCUT2D eigenvalue weighted by atomic mass is 16.2. The summed E-state index contributed by atoms with van der Waals surface area (Å²) in [6, 6.07) is 5.59. The molecule has 1 N–H and O–H groups in total. The second-order valence-corrected chi connectivity index (χ2v) is 4.70. The third-order valence-corrected chi connectivity index (χ3v) is 3.27. The summed E-state index contributed by atoms with van der Waals surface area (Å²) in [6.07, 6.45) is 0.250. The van der Waals surface area contributed by atoms with Crippen molar-refractivity contribution in [3.8, 4) is 0 Å².